The minimum absolute atomic E-state index is 0.0103. The number of carbonyl (C=O) groups excluding carboxylic acids is 4. The maximum absolute atomic E-state index is 13.5. The van der Waals surface area contributed by atoms with Crippen molar-refractivity contribution >= 4 is 23.1 Å². The first kappa shape index (κ1) is 31.6. The van der Waals surface area contributed by atoms with Gasteiger partial charge in [0.2, 0.25) is 0 Å². The maximum Gasteiger partial charge on any atom is 0.163 e. The number of fused-ring (bicyclic) bond motifs is 1. The van der Waals surface area contributed by atoms with Crippen LogP contribution in [0, 0.1) is 30.6 Å². The molecule has 0 bridgehead atoms. The quantitative estimate of drug-likeness (QED) is 0.211. The predicted octanol–water partition coefficient (Wildman–Crippen LogP) is 8.34. The molecule has 2 aromatic rings. The van der Waals surface area contributed by atoms with E-state index in [0.717, 1.165) is 71.9 Å². The molecule has 0 saturated carbocycles. The zero-order valence-electron chi connectivity index (χ0n) is 25.5. The number of hydrogen-bond donors (Lipinski definition) is 0. The first-order valence-corrected chi connectivity index (χ1v) is 15.3. The van der Waals surface area contributed by atoms with E-state index in [1.165, 1.54) is 6.92 Å². The van der Waals surface area contributed by atoms with Crippen LogP contribution in [-0.2, 0) is 27.2 Å². The first-order valence-electron chi connectivity index (χ1n) is 15.3. The third-order valence-corrected chi connectivity index (χ3v) is 8.50. The fourth-order valence-corrected chi connectivity index (χ4v) is 6.70. The third-order valence-electron chi connectivity index (χ3n) is 8.50. The average molecular weight is 545 g/mol. The highest BCUT2D eigenvalue weighted by Crippen LogP contribution is 2.40. The van der Waals surface area contributed by atoms with Crippen molar-refractivity contribution in [1.82, 2.24) is 0 Å². The van der Waals surface area contributed by atoms with Crippen LogP contribution in [0.3, 0.4) is 0 Å². The molecule has 0 aliphatic heterocycles. The van der Waals surface area contributed by atoms with E-state index in [-0.39, 0.29) is 41.5 Å². The minimum atomic E-state index is -0.128. The Hall–Kier alpha value is -2.88. The summed E-state index contributed by atoms with van der Waals surface area (Å²) in [5.41, 5.74) is 6.36. The summed E-state index contributed by atoms with van der Waals surface area (Å²) in [7, 11) is 0. The largest absolute Gasteiger partial charge is 0.300 e. The van der Waals surface area contributed by atoms with E-state index in [1.807, 2.05) is 13.8 Å². The van der Waals surface area contributed by atoms with Gasteiger partial charge in [0.15, 0.2) is 5.78 Å². The van der Waals surface area contributed by atoms with Crippen molar-refractivity contribution in [2.75, 3.05) is 0 Å². The molecule has 4 nitrogen and oxygen atoms in total. The molecule has 0 amide bonds. The van der Waals surface area contributed by atoms with Gasteiger partial charge >= 0.3 is 0 Å². The van der Waals surface area contributed by atoms with Crippen molar-refractivity contribution in [3.63, 3.8) is 0 Å². The van der Waals surface area contributed by atoms with E-state index in [9.17, 15) is 19.2 Å². The predicted molar refractivity (Wildman–Crippen MR) is 163 cm³/mol. The van der Waals surface area contributed by atoms with E-state index in [2.05, 4.69) is 57.2 Å². The van der Waals surface area contributed by atoms with Crippen LogP contribution in [0.4, 0.5) is 0 Å². The Morgan fingerprint density at radius 3 is 2.27 bits per heavy atom. The maximum atomic E-state index is 13.5. The molecular weight excluding hydrogens is 496 g/mol. The summed E-state index contributed by atoms with van der Waals surface area (Å²) in [6.07, 6.45) is 6.76. The molecule has 3 rings (SSSR count). The number of rotatable bonds is 15. The molecule has 1 aliphatic carbocycles. The molecular formula is C36H48O4. The SMILES string of the molecule is CCCC(CC1CC(=O)c2c(C)ccc(-c3ccc(CCC(=O)CC(C)C)cc3)c2C1)C(CC)C(=O)CC(C)=O. The van der Waals surface area contributed by atoms with E-state index in [1.54, 1.807) is 0 Å². The van der Waals surface area contributed by atoms with Gasteiger partial charge in [-0.1, -0.05) is 76.9 Å². The fraction of sp³-hybridized carbons (Fsp3) is 0.556. The van der Waals surface area contributed by atoms with Crippen molar-refractivity contribution < 1.29 is 19.2 Å². The molecule has 1 aliphatic rings. The van der Waals surface area contributed by atoms with Gasteiger partial charge in [-0.2, -0.15) is 0 Å². The second kappa shape index (κ2) is 14.7. The standard InChI is InChI=1S/C36H48O4/c1-7-9-29(31(8-2)34(39)19-25(6)37)20-27-21-33-32(17-10-24(5)36(33)35(40)22-27)28-14-11-26(12-15-28)13-16-30(38)18-23(3)4/h10-12,14-15,17,23,27,29,31H,7-9,13,16,18-22H2,1-6H3. The average Bonchev–Trinajstić information content (AvgIpc) is 2.87. The van der Waals surface area contributed by atoms with Crippen LogP contribution in [0.5, 0.6) is 0 Å². The lowest BCUT2D eigenvalue weighted by Crippen LogP contribution is -2.30. The van der Waals surface area contributed by atoms with Crippen LogP contribution in [0.25, 0.3) is 11.1 Å². The highest BCUT2D eigenvalue weighted by Gasteiger charge is 2.34. The van der Waals surface area contributed by atoms with Crippen LogP contribution in [0.15, 0.2) is 36.4 Å². The Bertz CT molecular complexity index is 1200. The summed E-state index contributed by atoms with van der Waals surface area (Å²) in [5, 5.41) is 0. The molecule has 0 heterocycles. The monoisotopic (exact) mass is 544 g/mol. The lowest BCUT2D eigenvalue weighted by atomic mass is 9.71. The first-order chi connectivity index (χ1) is 19.0. The molecule has 3 atom stereocenters. The van der Waals surface area contributed by atoms with Crippen LogP contribution in [0.2, 0.25) is 0 Å². The fourth-order valence-electron chi connectivity index (χ4n) is 6.70. The Morgan fingerprint density at radius 1 is 0.975 bits per heavy atom. The van der Waals surface area contributed by atoms with Gasteiger partial charge in [-0.3, -0.25) is 19.2 Å². The Balaban J connectivity index is 1.83. The van der Waals surface area contributed by atoms with Gasteiger partial charge in [0.1, 0.15) is 17.3 Å². The van der Waals surface area contributed by atoms with Gasteiger partial charge in [0, 0.05) is 30.7 Å². The number of ketones is 4. The number of benzene rings is 2. The summed E-state index contributed by atoms with van der Waals surface area (Å²) >= 11 is 0. The smallest absolute Gasteiger partial charge is 0.163 e. The van der Waals surface area contributed by atoms with E-state index in [0.29, 0.717) is 31.0 Å². The molecule has 40 heavy (non-hydrogen) atoms. The molecule has 0 radical (unpaired) electrons. The van der Waals surface area contributed by atoms with Crippen molar-refractivity contribution in [3.8, 4) is 11.1 Å². The van der Waals surface area contributed by atoms with Crippen molar-refractivity contribution in [2.24, 2.45) is 23.7 Å². The molecule has 0 N–H and O–H groups in total. The number of Topliss-reactive ketones (excluding diaryl/α,β-unsaturated/α-hetero) is 4. The molecule has 2 aromatic carbocycles. The van der Waals surface area contributed by atoms with Crippen LogP contribution in [0.1, 0.15) is 113 Å². The molecule has 0 aromatic heterocycles. The Labute approximate surface area is 241 Å². The Morgan fingerprint density at radius 2 is 1.68 bits per heavy atom. The highest BCUT2D eigenvalue weighted by molar-refractivity contribution is 6.02. The van der Waals surface area contributed by atoms with Crippen LogP contribution in [-0.4, -0.2) is 23.1 Å². The van der Waals surface area contributed by atoms with Gasteiger partial charge < -0.3 is 0 Å². The molecule has 216 valence electrons. The zero-order valence-corrected chi connectivity index (χ0v) is 25.5. The number of hydrogen-bond acceptors (Lipinski definition) is 4. The van der Waals surface area contributed by atoms with Crippen LogP contribution >= 0.6 is 0 Å². The van der Waals surface area contributed by atoms with Gasteiger partial charge in [0.25, 0.3) is 0 Å². The molecule has 4 heteroatoms. The van der Waals surface area contributed by atoms with Gasteiger partial charge in [-0.15, -0.1) is 0 Å². The van der Waals surface area contributed by atoms with Crippen molar-refractivity contribution in [1.29, 1.82) is 0 Å². The highest BCUT2D eigenvalue weighted by atomic mass is 16.1. The van der Waals surface area contributed by atoms with Gasteiger partial charge in [0.05, 0.1) is 6.42 Å². The van der Waals surface area contributed by atoms with Crippen molar-refractivity contribution in [3.05, 3.63) is 58.7 Å². The van der Waals surface area contributed by atoms with Gasteiger partial charge in [-0.25, -0.2) is 0 Å². The lowest BCUT2D eigenvalue weighted by Gasteiger charge is -2.32. The number of aryl methyl sites for hydroxylation is 2. The summed E-state index contributed by atoms with van der Waals surface area (Å²) < 4.78 is 0. The summed E-state index contributed by atoms with van der Waals surface area (Å²) in [6, 6.07) is 12.6. The summed E-state index contributed by atoms with van der Waals surface area (Å²) in [5.74, 6) is 1.12. The molecule has 0 spiro atoms. The van der Waals surface area contributed by atoms with Gasteiger partial charge in [-0.05, 0) is 85.1 Å². The summed E-state index contributed by atoms with van der Waals surface area (Å²) in [4.78, 5) is 50.3. The normalized spacial score (nSPS) is 16.5. The Kier molecular flexibility index (Phi) is 11.6. The minimum Gasteiger partial charge on any atom is -0.300 e. The number of carbonyl (C=O) groups is 4. The van der Waals surface area contributed by atoms with E-state index < -0.39 is 0 Å². The van der Waals surface area contributed by atoms with E-state index >= 15 is 0 Å². The zero-order chi connectivity index (χ0) is 29.4. The second-order valence-electron chi connectivity index (χ2n) is 12.5. The third kappa shape index (κ3) is 8.32. The van der Waals surface area contributed by atoms with Crippen molar-refractivity contribution in [2.45, 2.75) is 106 Å². The topological polar surface area (TPSA) is 68.3 Å². The molecule has 0 saturated heterocycles. The second-order valence-corrected chi connectivity index (χ2v) is 12.5. The van der Waals surface area contributed by atoms with Crippen LogP contribution < -0.4 is 0 Å². The summed E-state index contributed by atoms with van der Waals surface area (Å²) in [6.45, 7) is 11.8. The molecule has 3 unspecified atom stereocenters. The molecule has 0 fully saturated rings. The van der Waals surface area contributed by atoms with E-state index in [4.69, 9.17) is 0 Å². The lowest BCUT2D eigenvalue weighted by molar-refractivity contribution is -0.130.